The molecule has 0 unspecified atom stereocenters. The maximum Gasteiger partial charge on any atom is 0.199 e. The van der Waals surface area contributed by atoms with E-state index in [-0.39, 0.29) is 5.54 Å². The predicted molar refractivity (Wildman–Crippen MR) is 77.1 cm³/mol. The Bertz CT molecular complexity index is 530. The van der Waals surface area contributed by atoms with E-state index in [2.05, 4.69) is 32.2 Å². The molecule has 1 N–H and O–H groups in total. The summed E-state index contributed by atoms with van der Waals surface area (Å²) in [6.07, 6.45) is 2.31. The monoisotopic (exact) mass is 265 g/mol. The summed E-state index contributed by atoms with van der Waals surface area (Å²) in [7, 11) is 0. The summed E-state index contributed by atoms with van der Waals surface area (Å²) in [5, 5.41) is 5.15. The molecule has 0 spiro atoms. The molecule has 98 valence electrons. The van der Waals surface area contributed by atoms with E-state index in [1.54, 1.807) is 0 Å². The molecule has 1 heterocycles. The van der Waals surface area contributed by atoms with Crippen LogP contribution in [0, 0.1) is 0 Å². The van der Waals surface area contributed by atoms with Crippen LogP contribution in [-0.4, -0.2) is 5.54 Å². The average Bonchev–Trinajstić information content (AvgIpc) is 2.62. The Kier molecular flexibility index (Phi) is 3.98. The van der Waals surface area contributed by atoms with Gasteiger partial charge in [-0.3, -0.25) is 0 Å². The van der Waals surface area contributed by atoms with Gasteiger partial charge in [-0.05, 0) is 37.9 Å². The van der Waals surface area contributed by atoms with E-state index in [0.29, 0.717) is 5.22 Å². The van der Waals surface area contributed by atoms with Gasteiger partial charge in [0.05, 0.1) is 0 Å². The van der Waals surface area contributed by atoms with Gasteiger partial charge in [0, 0.05) is 23.0 Å². The van der Waals surface area contributed by atoms with Crippen molar-refractivity contribution in [2.75, 3.05) is 0 Å². The van der Waals surface area contributed by atoms with Crippen LogP contribution >= 0.6 is 11.6 Å². The van der Waals surface area contributed by atoms with E-state index < -0.39 is 0 Å². The largest absolute Gasteiger partial charge is 0.444 e. The molecule has 0 saturated heterocycles. The molecule has 2 rings (SSSR count). The molecule has 0 bridgehead atoms. The highest BCUT2D eigenvalue weighted by Gasteiger charge is 2.18. The second kappa shape index (κ2) is 5.33. The van der Waals surface area contributed by atoms with Crippen molar-refractivity contribution in [1.29, 1.82) is 0 Å². The molecule has 0 aliphatic rings. The van der Waals surface area contributed by atoms with Gasteiger partial charge in [-0.2, -0.15) is 0 Å². The Balaban J connectivity index is 2.19. The number of rotatable bonds is 5. The average molecular weight is 266 g/mol. The van der Waals surface area contributed by atoms with E-state index in [9.17, 15) is 0 Å². The SMILES string of the molecule is CCCC(C)(C)NCc1c(Cl)oc2ccccc12. The van der Waals surface area contributed by atoms with Crippen molar-refractivity contribution in [3.05, 3.63) is 35.0 Å². The van der Waals surface area contributed by atoms with Crippen LogP contribution in [0.15, 0.2) is 28.7 Å². The molecule has 2 aromatic rings. The van der Waals surface area contributed by atoms with Gasteiger partial charge < -0.3 is 9.73 Å². The predicted octanol–water partition coefficient (Wildman–Crippen LogP) is 4.75. The summed E-state index contributed by atoms with van der Waals surface area (Å²) in [5.74, 6) is 0. The van der Waals surface area contributed by atoms with Gasteiger partial charge >= 0.3 is 0 Å². The van der Waals surface area contributed by atoms with E-state index in [4.69, 9.17) is 16.0 Å². The lowest BCUT2D eigenvalue weighted by Gasteiger charge is -2.25. The van der Waals surface area contributed by atoms with E-state index in [1.807, 2.05) is 18.2 Å². The first kappa shape index (κ1) is 13.4. The Labute approximate surface area is 113 Å². The molecule has 0 fully saturated rings. The van der Waals surface area contributed by atoms with Gasteiger partial charge in [-0.15, -0.1) is 0 Å². The molecular weight excluding hydrogens is 246 g/mol. The maximum atomic E-state index is 6.17. The minimum absolute atomic E-state index is 0.121. The van der Waals surface area contributed by atoms with E-state index in [0.717, 1.165) is 29.5 Å². The maximum absolute atomic E-state index is 6.17. The molecule has 1 aromatic carbocycles. The molecule has 2 nitrogen and oxygen atoms in total. The highest BCUT2D eigenvalue weighted by atomic mass is 35.5. The molecule has 0 radical (unpaired) electrons. The van der Waals surface area contributed by atoms with Crippen LogP contribution in [0.2, 0.25) is 5.22 Å². The van der Waals surface area contributed by atoms with Crippen LogP contribution < -0.4 is 5.32 Å². The zero-order chi connectivity index (χ0) is 13.2. The van der Waals surface area contributed by atoms with Gasteiger partial charge in [0.15, 0.2) is 5.22 Å². The van der Waals surface area contributed by atoms with Crippen molar-refractivity contribution in [3.8, 4) is 0 Å². The first-order valence-corrected chi connectivity index (χ1v) is 6.82. The standard InChI is InChI=1S/C15H20ClNO/c1-4-9-15(2,3)17-10-12-11-7-5-6-8-13(11)18-14(12)16/h5-8,17H,4,9-10H2,1-3H3. The summed E-state index contributed by atoms with van der Waals surface area (Å²) < 4.78 is 5.55. The van der Waals surface area contributed by atoms with Crippen LogP contribution in [0.1, 0.15) is 39.2 Å². The minimum Gasteiger partial charge on any atom is -0.444 e. The van der Waals surface area contributed by atoms with E-state index in [1.165, 1.54) is 6.42 Å². The fourth-order valence-corrected chi connectivity index (χ4v) is 2.53. The third-order valence-electron chi connectivity index (χ3n) is 3.27. The van der Waals surface area contributed by atoms with E-state index >= 15 is 0 Å². The van der Waals surface area contributed by atoms with Crippen molar-refractivity contribution >= 4 is 22.6 Å². The quantitative estimate of drug-likeness (QED) is 0.844. The van der Waals surface area contributed by atoms with Crippen LogP contribution in [0.3, 0.4) is 0 Å². The summed E-state index contributed by atoms with van der Waals surface area (Å²) >= 11 is 6.17. The summed E-state index contributed by atoms with van der Waals surface area (Å²) in [5.41, 5.74) is 2.03. The zero-order valence-corrected chi connectivity index (χ0v) is 12.0. The summed E-state index contributed by atoms with van der Waals surface area (Å²) in [6.45, 7) is 7.37. The molecular formula is C15H20ClNO. The topological polar surface area (TPSA) is 25.2 Å². The Morgan fingerprint density at radius 2 is 2.00 bits per heavy atom. The van der Waals surface area contributed by atoms with Crippen LogP contribution in [0.5, 0.6) is 0 Å². The first-order chi connectivity index (χ1) is 8.53. The fraction of sp³-hybridized carbons (Fsp3) is 0.467. The van der Waals surface area contributed by atoms with Gasteiger partial charge in [0.25, 0.3) is 0 Å². The number of hydrogen-bond acceptors (Lipinski definition) is 2. The third kappa shape index (κ3) is 2.88. The Morgan fingerprint density at radius 1 is 1.28 bits per heavy atom. The van der Waals surface area contributed by atoms with Crippen molar-refractivity contribution in [1.82, 2.24) is 5.32 Å². The summed E-state index contributed by atoms with van der Waals surface area (Å²) in [4.78, 5) is 0. The van der Waals surface area contributed by atoms with Gasteiger partial charge in [0.1, 0.15) is 5.58 Å². The number of halogens is 1. The van der Waals surface area contributed by atoms with Crippen molar-refractivity contribution in [2.24, 2.45) is 0 Å². The number of benzene rings is 1. The molecule has 1 aromatic heterocycles. The normalized spacial score (nSPS) is 12.2. The smallest absolute Gasteiger partial charge is 0.199 e. The van der Waals surface area contributed by atoms with Crippen molar-refractivity contribution < 1.29 is 4.42 Å². The molecule has 0 amide bonds. The second-order valence-electron chi connectivity index (χ2n) is 5.34. The molecule has 0 saturated carbocycles. The van der Waals surface area contributed by atoms with Crippen LogP contribution in [0.4, 0.5) is 0 Å². The molecule has 0 aliphatic heterocycles. The third-order valence-corrected chi connectivity index (χ3v) is 3.57. The number of fused-ring (bicyclic) bond motifs is 1. The lowest BCUT2D eigenvalue weighted by atomic mass is 9.98. The zero-order valence-electron chi connectivity index (χ0n) is 11.2. The Hall–Kier alpha value is -0.990. The van der Waals surface area contributed by atoms with Gasteiger partial charge in [-0.1, -0.05) is 31.5 Å². The molecule has 18 heavy (non-hydrogen) atoms. The lowest BCUT2D eigenvalue weighted by Crippen LogP contribution is -2.38. The summed E-state index contributed by atoms with van der Waals surface area (Å²) in [6, 6.07) is 7.96. The lowest BCUT2D eigenvalue weighted by molar-refractivity contribution is 0.356. The fourth-order valence-electron chi connectivity index (χ4n) is 2.27. The highest BCUT2D eigenvalue weighted by Crippen LogP contribution is 2.29. The van der Waals surface area contributed by atoms with Crippen LogP contribution in [-0.2, 0) is 6.54 Å². The molecule has 0 aliphatic carbocycles. The second-order valence-corrected chi connectivity index (χ2v) is 5.68. The molecule has 3 heteroatoms. The van der Waals surface area contributed by atoms with Crippen LogP contribution in [0.25, 0.3) is 11.0 Å². The number of hydrogen-bond donors (Lipinski definition) is 1. The van der Waals surface area contributed by atoms with Crippen molar-refractivity contribution in [2.45, 2.75) is 45.7 Å². The van der Waals surface area contributed by atoms with Gasteiger partial charge in [-0.25, -0.2) is 0 Å². The van der Waals surface area contributed by atoms with Gasteiger partial charge in [0.2, 0.25) is 0 Å². The number of furan rings is 1. The Morgan fingerprint density at radius 3 is 2.72 bits per heavy atom. The highest BCUT2D eigenvalue weighted by molar-refractivity contribution is 6.30. The number of nitrogens with one attached hydrogen (secondary N) is 1. The molecule has 0 atom stereocenters. The van der Waals surface area contributed by atoms with Crippen molar-refractivity contribution in [3.63, 3.8) is 0 Å². The first-order valence-electron chi connectivity index (χ1n) is 6.44. The minimum atomic E-state index is 0.121. The number of para-hydroxylation sites is 1.